The van der Waals surface area contributed by atoms with E-state index in [9.17, 15) is 4.79 Å². The van der Waals surface area contributed by atoms with Crippen LogP contribution in [0.15, 0.2) is 29.0 Å². The van der Waals surface area contributed by atoms with Crippen LogP contribution in [0.1, 0.15) is 21.7 Å². The van der Waals surface area contributed by atoms with Crippen LogP contribution in [0.5, 0.6) is 0 Å². The number of aromatic nitrogens is 3. The minimum Gasteiger partial charge on any atom is -0.465 e. The van der Waals surface area contributed by atoms with Gasteiger partial charge in [0.15, 0.2) is 5.82 Å². The van der Waals surface area contributed by atoms with Gasteiger partial charge in [-0.2, -0.15) is 5.10 Å². The van der Waals surface area contributed by atoms with Gasteiger partial charge in [0, 0.05) is 31.0 Å². The van der Waals surface area contributed by atoms with Crippen molar-refractivity contribution in [3.05, 3.63) is 46.0 Å². The van der Waals surface area contributed by atoms with E-state index in [4.69, 9.17) is 0 Å². The predicted octanol–water partition coefficient (Wildman–Crippen LogP) is 1.70. The predicted molar refractivity (Wildman–Crippen MR) is 81.9 cm³/mol. The number of nitrogens with one attached hydrogen (secondary N) is 1. The molecule has 0 aliphatic carbocycles. The van der Waals surface area contributed by atoms with E-state index in [1.165, 1.54) is 7.11 Å². The van der Waals surface area contributed by atoms with Crippen LogP contribution in [0.3, 0.4) is 0 Å². The third-order valence-corrected chi connectivity index (χ3v) is 3.70. The molecule has 21 heavy (non-hydrogen) atoms. The molecule has 0 amide bonds. The molecular weight excluding hydrogens is 336 g/mol. The average molecular weight is 353 g/mol. The number of methoxy groups -OCH3 is 1. The van der Waals surface area contributed by atoms with Gasteiger partial charge in [0.05, 0.1) is 12.7 Å². The molecule has 0 aliphatic rings. The first kappa shape index (κ1) is 15.7. The first-order chi connectivity index (χ1) is 10.1. The zero-order chi connectivity index (χ0) is 15.2. The second kappa shape index (κ2) is 7.33. The Morgan fingerprint density at radius 3 is 2.90 bits per heavy atom. The highest BCUT2D eigenvalue weighted by Gasteiger charge is 2.08. The largest absolute Gasteiger partial charge is 0.465 e. The quantitative estimate of drug-likeness (QED) is 0.632. The Balaban J connectivity index is 1.84. The monoisotopic (exact) mass is 352 g/mol. The summed E-state index contributed by atoms with van der Waals surface area (Å²) in [4.78, 5) is 15.6. The molecule has 0 fully saturated rings. The number of nitrogens with zero attached hydrogens (tertiary/aromatic N) is 3. The first-order valence-electron chi connectivity index (χ1n) is 6.52. The standard InChI is InChI=1S/C14H17BrN4O2/c1-19-9-17-13(18-19)5-6-16-8-11-4-3-10(7-12(11)15)14(20)21-2/h3-4,7,9,16H,5-6,8H2,1-2H3. The average Bonchev–Trinajstić information content (AvgIpc) is 2.89. The van der Waals surface area contributed by atoms with Crippen molar-refractivity contribution in [3.8, 4) is 0 Å². The van der Waals surface area contributed by atoms with E-state index in [0.717, 1.165) is 28.8 Å². The van der Waals surface area contributed by atoms with Crippen LogP contribution < -0.4 is 5.32 Å². The van der Waals surface area contributed by atoms with Crippen molar-refractivity contribution in [3.63, 3.8) is 0 Å². The summed E-state index contributed by atoms with van der Waals surface area (Å²) in [6, 6.07) is 5.43. The number of carbonyl (C=O) groups excluding carboxylic acids is 1. The summed E-state index contributed by atoms with van der Waals surface area (Å²) in [6.07, 6.45) is 2.47. The van der Waals surface area contributed by atoms with E-state index < -0.39 is 0 Å². The number of halogens is 1. The Bertz CT molecular complexity index is 627. The molecule has 1 aromatic carbocycles. The van der Waals surface area contributed by atoms with Crippen molar-refractivity contribution in [2.45, 2.75) is 13.0 Å². The van der Waals surface area contributed by atoms with Gasteiger partial charge < -0.3 is 10.1 Å². The Morgan fingerprint density at radius 1 is 1.48 bits per heavy atom. The summed E-state index contributed by atoms with van der Waals surface area (Å²) < 4.78 is 7.26. The summed E-state index contributed by atoms with van der Waals surface area (Å²) in [5, 5.41) is 7.55. The third-order valence-electron chi connectivity index (χ3n) is 2.96. The zero-order valence-corrected chi connectivity index (χ0v) is 13.6. The zero-order valence-electron chi connectivity index (χ0n) is 12.0. The SMILES string of the molecule is COC(=O)c1ccc(CNCCc2ncn(C)n2)c(Br)c1. The maximum absolute atomic E-state index is 11.4. The molecule has 6 nitrogen and oxygen atoms in total. The fourth-order valence-corrected chi connectivity index (χ4v) is 2.38. The lowest BCUT2D eigenvalue weighted by Gasteiger charge is -2.07. The van der Waals surface area contributed by atoms with Crippen LogP contribution >= 0.6 is 15.9 Å². The molecule has 0 atom stereocenters. The van der Waals surface area contributed by atoms with Crippen molar-refractivity contribution in [2.24, 2.45) is 7.05 Å². The van der Waals surface area contributed by atoms with E-state index in [2.05, 4.69) is 36.1 Å². The van der Waals surface area contributed by atoms with Gasteiger partial charge >= 0.3 is 5.97 Å². The molecule has 0 aliphatic heterocycles. The van der Waals surface area contributed by atoms with Crippen molar-refractivity contribution < 1.29 is 9.53 Å². The minimum absolute atomic E-state index is 0.337. The maximum atomic E-state index is 11.4. The van der Waals surface area contributed by atoms with Crippen LogP contribution in [-0.2, 0) is 24.8 Å². The van der Waals surface area contributed by atoms with Gasteiger partial charge in [-0.05, 0) is 17.7 Å². The second-order valence-electron chi connectivity index (χ2n) is 4.56. The van der Waals surface area contributed by atoms with Crippen LogP contribution in [0.4, 0.5) is 0 Å². The van der Waals surface area contributed by atoms with Crippen LogP contribution in [0, 0.1) is 0 Å². The smallest absolute Gasteiger partial charge is 0.337 e. The lowest BCUT2D eigenvalue weighted by Crippen LogP contribution is -2.17. The van der Waals surface area contributed by atoms with Gasteiger partial charge in [-0.3, -0.25) is 4.68 Å². The van der Waals surface area contributed by atoms with E-state index in [1.54, 1.807) is 23.1 Å². The lowest BCUT2D eigenvalue weighted by atomic mass is 10.1. The second-order valence-corrected chi connectivity index (χ2v) is 5.41. The third kappa shape index (κ3) is 4.37. The fourth-order valence-electron chi connectivity index (χ4n) is 1.86. The number of hydrogen-bond acceptors (Lipinski definition) is 5. The highest BCUT2D eigenvalue weighted by atomic mass is 79.9. The van der Waals surface area contributed by atoms with E-state index in [-0.39, 0.29) is 5.97 Å². The highest BCUT2D eigenvalue weighted by Crippen LogP contribution is 2.19. The van der Waals surface area contributed by atoms with E-state index in [1.807, 2.05) is 13.1 Å². The molecule has 1 N–H and O–H groups in total. The normalized spacial score (nSPS) is 10.6. The minimum atomic E-state index is -0.337. The molecule has 1 heterocycles. The molecule has 2 aromatic rings. The van der Waals surface area contributed by atoms with Gasteiger partial charge in [0.25, 0.3) is 0 Å². The fraction of sp³-hybridized carbons (Fsp3) is 0.357. The molecule has 2 rings (SSSR count). The maximum Gasteiger partial charge on any atom is 0.337 e. The molecule has 0 bridgehead atoms. The van der Waals surface area contributed by atoms with Crippen LogP contribution in [-0.4, -0.2) is 34.4 Å². The molecule has 112 valence electrons. The van der Waals surface area contributed by atoms with Crippen molar-refractivity contribution >= 4 is 21.9 Å². The number of carbonyl (C=O) groups is 1. The van der Waals surface area contributed by atoms with Crippen molar-refractivity contribution in [1.82, 2.24) is 20.1 Å². The Hall–Kier alpha value is -1.73. The number of rotatable bonds is 6. The molecule has 0 spiro atoms. The molecule has 1 aromatic heterocycles. The van der Waals surface area contributed by atoms with Gasteiger partial charge in [0.2, 0.25) is 0 Å². The molecule has 0 saturated heterocycles. The molecule has 0 unspecified atom stereocenters. The Morgan fingerprint density at radius 2 is 2.29 bits per heavy atom. The summed E-state index contributed by atoms with van der Waals surface area (Å²) in [5.74, 6) is 0.488. The number of aryl methyl sites for hydroxylation is 1. The van der Waals surface area contributed by atoms with Gasteiger partial charge in [-0.15, -0.1) is 0 Å². The van der Waals surface area contributed by atoms with Crippen LogP contribution in [0.25, 0.3) is 0 Å². The van der Waals surface area contributed by atoms with Crippen LogP contribution in [0.2, 0.25) is 0 Å². The number of hydrogen-bond donors (Lipinski definition) is 1. The van der Waals surface area contributed by atoms with Crippen molar-refractivity contribution in [2.75, 3.05) is 13.7 Å². The first-order valence-corrected chi connectivity index (χ1v) is 7.31. The lowest BCUT2D eigenvalue weighted by molar-refractivity contribution is 0.0600. The summed E-state index contributed by atoms with van der Waals surface area (Å²) in [6.45, 7) is 1.49. The Labute approximate surface area is 131 Å². The van der Waals surface area contributed by atoms with Gasteiger partial charge in [-0.25, -0.2) is 9.78 Å². The summed E-state index contributed by atoms with van der Waals surface area (Å²) in [7, 11) is 3.22. The number of esters is 1. The van der Waals surface area contributed by atoms with Gasteiger partial charge in [-0.1, -0.05) is 22.0 Å². The topological polar surface area (TPSA) is 69.0 Å². The highest BCUT2D eigenvalue weighted by molar-refractivity contribution is 9.10. The molecule has 7 heteroatoms. The number of benzene rings is 1. The summed E-state index contributed by atoms with van der Waals surface area (Å²) in [5.41, 5.74) is 1.61. The number of ether oxygens (including phenoxy) is 1. The van der Waals surface area contributed by atoms with E-state index >= 15 is 0 Å². The molecule has 0 radical (unpaired) electrons. The van der Waals surface area contributed by atoms with Gasteiger partial charge in [0.1, 0.15) is 6.33 Å². The summed E-state index contributed by atoms with van der Waals surface area (Å²) >= 11 is 3.47. The Kier molecular flexibility index (Phi) is 5.46. The van der Waals surface area contributed by atoms with E-state index in [0.29, 0.717) is 12.1 Å². The molecular formula is C14H17BrN4O2. The molecule has 0 saturated carbocycles. The van der Waals surface area contributed by atoms with Crippen molar-refractivity contribution in [1.29, 1.82) is 0 Å².